The number of aromatic nitrogens is 2. The molecule has 0 fully saturated rings. The van der Waals surface area contributed by atoms with Crippen LogP contribution in [0.5, 0.6) is 0 Å². The molecule has 0 aliphatic carbocycles. The zero-order valence-corrected chi connectivity index (χ0v) is 10.2. The third-order valence-corrected chi connectivity index (χ3v) is 2.76. The third kappa shape index (κ3) is 3.59. The number of aromatic amines is 1. The van der Waals surface area contributed by atoms with Gasteiger partial charge in [-0.1, -0.05) is 0 Å². The Balaban J connectivity index is 2.40. The number of nitrogens with zero attached hydrogens (tertiary/aromatic N) is 2. The lowest BCUT2D eigenvalue weighted by atomic mass is 10.1. The first-order chi connectivity index (χ1) is 7.54. The first-order valence-electron chi connectivity index (χ1n) is 5.52. The second kappa shape index (κ2) is 5.98. The normalized spacial score (nSPS) is 13.4. The lowest BCUT2D eigenvalue weighted by molar-refractivity contribution is 0.0669. The number of aryl methyl sites for hydroxylation is 2. The summed E-state index contributed by atoms with van der Waals surface area (Å²) in [5.74, 6) is 0. The first kappa shape index (κ1) is 13.2. The van der Waals surface area contributed by atoms with Gasteiger partial charge >= 0.3 is 0 Å². The van der Waals surface area contributed by atoms with E-state index < -0.39 is 6.10 Å². The van der Waals surface area contributed by atoms with Gasteiger partial charge in [0.1, 0.15) is 0 Å². The topological polar surface area (TPSA) is 72.4 Å². The Morgan fingerprint density at radius 3 is 2.62 bits per heavy atom. The standard InChI is InChI=1S/C11H21N3O2/c1-8-11(9(2)13-12-8)4-5-14(3)6-10(16)7-15/h10,15-16H,4-7H2,1-3H3,(H,12,13)/t10-/m1/s1. The van der Waals surface area contributed by atoms with Crippen molar-refractivity contribution in [2.75, 3.05) is 26.7 Å². The Labute approximate surface area is 96.1 Å². The van der Waals surface area contributed by atoms with Crippen LogP contribution in [0.4, 0.5) is 0 Å². The van der Waals surface area contributed by atoms with Gasteiger partial charge in [-0.3, -0.25) is 5.10 Å². The molecule has 0 unspecified atom stereocenters. The molecule has 0 amide bonds. The van der Waals surface area contributed by atoms with Gasteiger partial charge in [0.05, 0.1) is 18.4 Å². The van der Waals surface area contributed by atoms with Crippen molar-refractivity contribution < 1.29 is 10.2 Å². The third-order valence-electron chi connectivity index (χ3n) is 2.76. The minimum Gasteiger partial charge on any atom is -0.394 e. The van der Waals surface area contributed by atoms with Crippen molar-refractivity contribution in [2.45, 2.75) is 26.4 Å². The average Bonchev–Trinajstić information content (AvgIpc) is 2.56. The number of hydrogen-bond donors (Lipinski definition) is 3. The van der Waals surface area contributed by atoms with Crippen LogP contribution in [0.25, 0.3) is 0 Å². The summed E-state index contributed by atoms with van der Waals surface area (Å²) in [6, 6.07) is 0. The second-order valence-electron chi connectivity index (χ2n) is 4.26. The summed E-state index contributed by atoms with van der Waals surface area (Å²) in [5.41, 5.74) is 3.38. The van der Waals surface area contributed by atoms with Crippen molar-refractivity contribution in [3.05, 3.63) is 17.0 Å². The number of nitrogens with one attached hydrogen (secondary N) is 1. The van der Waals surface area contributed by atoms with Gasteiger partial charge in [-0.05, 0) is 32.9 Å². The summed E-state index contributed by atoms with van der Waals surface area (Å²) >= 11 is 0. The van der Waals surface area contributed by atoms with Gasteiger partial charge in [-0.15, -0.1) is 0 Å². The van der Waals surface area contributed by atoms with E-state index in [2.05, 4.69) is 10.2 Å². The largest absolute Gasteiger partial charge is 0.394 e. The van der Waals surface area contributed by atoms with Crippen LogP contribution < -0.4 is 0 Å². The SMILES string of the molecule is Cc1n[nH]c(C)c1CCN(C)C[C@@H](O)CO. The molecule has 0 spiro atoms. The summed E-state index contributed by atoms with van der Waals surface area (Å²) in [4.78, 5) is 2.01. The second-order valence-corrected chi connectivity index (χ2v) is 4.26. The number of aliphatic hydroxyl groups excluding tert-OH is 2. The van der Waals surface area contributed by atoms with E-state index in [-0.39, 0.29) is 6.61 Å². The van der Waals surface area contributed by atoms with Gasteiger partial charge in [0.25, 0.3) is 0 Å². The van der Waals surface area contributed by atoms with Crippen LogP contribution in [-0.4, -0.2) is 58.2 Å². The van der Waals surface area contributed by atoms with E-state index >= 15 is 0 Å². The van der Waals surface area contributed by atoms with Gasteiger partial charge in [0.2, 0.25) is 0 Å². The Kier molecular flexibility index (Phi) is 4.92. The van der Waals surface area contributed by atoms with Gasteiger partial charge < -0.3 is 15.1 Å². The van der Waals surface area contributed by atoms with Crippen LogP contribution >= 0.6 is 0 Å². The maximum atomic E-state index is 9.28. The molecule has 0 aliphatic rings. The fraction of sp³-hybridized carbons (Fsp3) is 0.727. The molecule has 92 valence electrons. The van der Waals surface area contributed by atoms with Crippen molar-refractivity contribution in [3.63, 3.8) is 0 Å². The Bertz CT molecular complexity index is 306. The Morgan fingerprint density at radius 2 is 2.12 bits per heavy atom. The molecule has 0 aliphatic heterocycles. The highest BCUT2D eigenvalue weighted by Gasteiger charge is 2.10. The van der Waals surface area contributed by atoms with Crippen molar-refractivity contribution in [3.8, 4) is 0 Å². The van der Waals surface area contributed by atoms with Crippen molar-refractivity contribution in [1.82, 2.24) is 15.1 Å². The van der Waals surface area contributed by atoms with Crippen LogP contribution in [0, 0.1) is 13.8 Å². The molecule has 1 aromatic rings. The number of aliphatic hydroxyl groups is 2. The lowest BCUT2D eigenvalue weighted by Crippen LogP contribution is -2.32. The molecule has 5 nitrogen and oxygen atoms in total. The molecule has 1 atom stereocenters. The van der Waals surface area contributed by atoms with Gasteiger partial charge in [0, 0.05) is 18.8 Å². The summed E-state index contributed by atoms with van der Waals surface area (Å²) < 4.78 is 0. The molecule has 16 heavy (non-hydrogen) atoms. The number of rotatable bonds is 6. The number of likely N-dealkylation sites (N-methyl/N-ethyl adjacent to an activating group) is 1. The van der Waals surface area contributed by atoms with Crippen LogP contribution in [0.3, 0.4) is 0 Å². The highest BCUT2D eigenvalue weighted by Crippen LogP contribution is 2.10. The summed E-state index contributed by atoms with van der Waals surface area (Å²) in [6.07, 6.45) is 0.250. The quantitative estimate of drug-likeness (QED) is 0.632. The molecule has 3 N–H and O–H groups in total. The van der Waals surface area contributed by atoms with Gasteiger partial charge in [-0.2, -0.15) is 5.10 Å². The molecule has 1 heterocycles. The zero-order valence-electron chi connectivity index (χ0n) is 10.2. The van der Waals surface area contributed by atoms with E-state index in [0.717, 1.165) is 24.4 Å². The Morgan fingerprint density at radius 1 is 1.44 bits per heavy atom. The van der Waals surface area contributed by atoms with E-state index in [4.69, 9.17) is 5.11 Å². The molecular weight excluding hydrogens is 206 g/mol. The lowest BCUT2D eigenvalue weighted by Gasteiger charge is -2.19. The van der Waals surface area contributed by atoms with Gasteiger partial charge in [0.15, 0.2) is 0 Å². The predicted molar refractivity (Wildman–Crippen MR) is 62.4 cm³/mol. The maximum Gasteiger partial charge on any atom is 0.0897 e. The summed E-state index contributed by atoms with van der Waals surface area (Å²) in [6.45, 7) is 5.15. The molecule has 1 aromatic heterocycles. The van der Waals surface area contributed by atoms with Gasteiger partial charge in [-0.25, -0.2) is 0 Å². The van der Waals surface area contributed by atoms with Crippen molar-refractivity contribution in [1.29, 1.82) is 0 Å². The molecule has 0 saturated carbocycles. The first-order valence-corrected chi connectivity index (χ1v) is 5.52. The molecule has 5 heteroatoms. The van der Waals surface area contributed by atoms with Crippen LogP contribution in [0.15, 0.2) is 0 Å². The minimum absolute atomic E-state index is 0.186. The molecule has 0 radical (unpaired) electrons. The highest BCUT2D eigenvalue weighted by molar-refractivity contribution is 5.23. The van der Waals surface area contributed by atoms with E-state index in [0.29, 0.717) is 6.54 Å². The maximum absolute atomic E-state index is 9.28. The van der Waals surface area contributed by atoms with E-state index in [1.807, 2.05) is 25.8 Å². The summed E-state index contributed by atoms with van der Waals surface area (Å²) in [7, 11) is 1.93. The molecule has 0 aromatic carbocycles. The van der Waals surface area contributed by atoms with Crippen molar-refractivity contribution in [2.24, 2.45) is 0 Å². The van der Waals surface area contributed by atoms with E-state index in [1.54, 1.807) is 0 Å². The van der Waals surface area contributed by atoms with Crippen LogP contribution in [-0.2, 0) is 6.42 Å². The molecule has 0 saturated heterocycles. The zero-order chi connectivity index (χ0) is 12.1. The van der Waals surface area contributed by atoms with E-state index in [9.17, 15) is 5.11 Å². The Hall–Kier alpha value is -0.910. The monoisotopic (exact) mass is 227 g/mol. The summed E-state index contributed by atoms with van der Waals surface area (Å²) in [5, 5.41) is 25.1. The molecule has 1 rings (SSSR count). The average molecular weight is 227 g/mol. The molecule has 0 bridgehead atoms. The number of hydrogen-bond acceptors (Lipinski definition) is 4. The predicted octanol–water partition coefficient (Wildman–Crippen LogP) is -0.146. The van der Waals surface area contributed by atoms with E-state index in [1.165, 1.54) is 5.56 Å². The fourth-order valence-corrected chi connectivity index (χ4v) is 1.75. The highest BCUT2D eigenvalue weighted by atomic mass is 16.3. The molecular formula is C11H21N3O2. The van der Waals surface area contributed by atoms with Crippen LogP contribution in [0.2, 0.25) is 0 Å². The minimum atomic E-state index is -0.656. The van der Waals surface area contributed by atoms with Crippen LogP contribution in [0.1, 0.15) is 17.0 Å². The fourth-order valence-electron chi connectivity index (χ4n) is 1.75. The van der Waals surface area contributed by atoms with Crippen molar-refractivity contribution >= 4 is 0 Å². The number of H-pyrrole nitrogens is 1. The smallest absolute Gasteiger partial charge is 0.0897 e.